The van der Waals surface area contributed by atoms with Gasteiger partial charge in [0.15, 0.2) is 0 Å². The number of thiazole rings is 1. The van der Waals surface area contributed by atoms with Crippen LogP contribution in [0, 0.1) is 0 Å². The van der Waals surface area contributed by atoms with Gasteiger partial charge in [0.1, 0.15) is 16.0 Å². The molecule has 1 aliphatic heterocycles. The molecule has 0 aliphatic carbocycles. The molecular formula is C18H22N2O3S. The van der Waals surface area contributed by atoms with E-state index in [1.807, 2.05) is 13.0 Å². The number of esters is 1. The zero-order chi connectivity index (χ0) is 16.9. The van der Waals surface area contributed by atoms with Crippen LogP contribution in [-0.4, -0.2) is 42.7 Å². The van der Waals surface area contributed by atoms with E-state index in [4.69, 9.17) is 9.47 Å². The molecule has 1 unspecified atom stereocenters. The van der Waals surface area contributed by atoms with Gasteiger partial charge in [-0.2, -0.15) is 0 Å². The summed E-state index contributed by atoms with van der Waals surface area (Å²) in [5, 5.41) is 0.866. The maximum atomic E-state index is 11.9. The quantitative estimate of drug-likeness (QED) is 0.779. The average molecular weight is 346 g/mol. The highest BCUT2D eigenvalue weighted by molar-refractivity contribution is 7.13. The lowest BCUT2D eigenvalue weighted by Crippen LogP contribution is -2.37. The van der Waals surface area contributed by atoms with Gasteiger partial charge in [-0.05, 0) is 12.0 Å². The Morgan fingerprint density at radius 1 is 1.42 bits per heavy atom. The second kappa shape index (κ2) is 7.88. The van der Waals surface area contributed by atoms with E-state index in [1.54, 1.807) is 0 Å². The number of ether oxygens (including phenoxy) is 2. The Labute approximate surface area is 146 Å². The molecule has 1 atom stereocenters. The Balaban J connectivity index is 1.72. The summed E-state index contributed by atoms with van der Waals surface area (Å²) in [6.07, 6.45) is 0.623. The van der Waals surface area contributed by atoms with Crippen molar-refractivity contribution in [3.05, 3.63) is 51.5 Å². The number of nitrogens with zero attached hydrogens (tertiary/aromatic N) is 2. The molecule has 1 aliphatic rings. The van der Waals surface area contributed by atoms with Gasteiger partial charge in [0.05, 0.1) is 19.4 Å². The average Bonchev–Trinajstić information content (AvgIpc) is 3.06. The van der Waals surface area contributed by atoms with Crippen LogP contribution in [0.2, 0.25) is 0 Å². The number of carbonyl (C=O) groups is 1. The first-order valence-electron chi connectivity index (χ1n) is 8.17. The summed E-state index contributed by atoms with van der Waals surface area (Å²) in [6, 6.07) is 10.4. The standard InChI is InChI=1S/C18H22N2O3S/c1-3-14-16(18(21)22-2)24-17(19-14)15-12-20(9-10-23-15)11-13-7-5-4-6-8-13/h4-8,15H,3,9-12H2,1-2H3. The minimum absolute atomic E-state index is 0.0869. The van der Waals surface area contributed by atoms with Crippen LogP contribution < -0.4 is 0 Å². The summed E-state index contributed by atoms with van der Waals surface area (Å²) in [4.78, 5) is 19.5. The third-order valence-electron chi connectivity index (χ3n) is 4.09. The molecule has 1 saturated heterocycles. The van der Waals surface area contributed by atoms with Crippen molar-refractivity contribution in [2.75, 3.05) is 26.8 Å². The molecule has 3 rings (SSSR count). The van der Waals surface area contributed by atoms with E-state index in [0.29, 0.717) is 17.9 Å². The lowest BCUT2D eigenvalue weighted by atomic mass is 10.2. The zero-order valence-electron chi connectivity index (χ0n) is 14.0. The molecule has 0 saturated carbocycles. The van der Waals surface area contributed by atoms with Crippen LogP contribution in [0.25, 0.3) is 0 Å². The van der Waals surface area contributed by atoms with Gasteiger partial charge in [0.25, 0.3) is 0 Å². The van der Waals surface area contributed by atoms with Crippen LogP contribution in [0.3, 0.4) is 0 Å². The fourth-order valence-electron chi connectivity index (χ4n) is 2.84. The fourth-order valence-corrected chi connectivity index (χ4v) is 3.95. The van der Waals surface area contributed by atoms with Crippen LogP contribution in [0.5, 0.6) is 0 Å². The Bertz CT molecular complexity index is 687. The molecule has 24 heavy (non-hydrogen) atoms. The van der Waals surface area contributed by atoms with E-state index < -0.39 is 0 Å². The largest absolute Gasteiger partial charge is 0.465 e. The second-order valence-corrected chi connectivity index (χ2v) is 6.78. The highest BCUT2D eigenvalue weighted by Gasteiger charge is 2.27. The number of aromatic nitrogens is 1. The maximum Gasteiger partial charge on any atom is 0.349 e. The lowest BCUT2D eigenvalue weighted by Gasteiger charge is -2.32. The molecule has 2 heterocycles. The molecule has 0 amide bonds. The van der Waals surface area contributed by atoms with Gasteiger partial charge in [-0.25, -0.2) is 9.78 Å². The summed E-state index contributed by atoms with van der Waals surface area (Å²) in [6.45, 7) is 5.25. The molecule has 1 aromatic carbocycles. The molecule has 0 spiro atoms. The van der Waals surface area contributed by atoms with E-state index in [0.717, 1.165) is 30.3 Å². The number of methoxy groups -OCH3 is 1. The van der Waals surface area contributed by atoms with Crippen molar-refractivity contribution in [1.29, 1.82) is 0 Å². The first-order valence-corrected chi connectivity index (χ1v) is 8.98. The third-order valence-corrected chi connectivity index (χ3v) is 5.26. The molecule has 2 aromatic rings. The topological polar surface area (TPSA) is 51.7 Å². The Hall–Kier alpha value is -1.76. The predicted octanol–water partition coefficient (Wildman–Crippen LogP) is 3.07. The van der Waals surface area contributed by atoms with Gasteiger partial charge < -0.3 is 9.47 Å². The normalized spacial score (nSPS) is 18.5. The maximum absolute atomic E-state index is 11.9. The number of aryl methyl sites for hydroxylation is 1. The smallest absolute Gasteiger partial charge is 0.349 e. The second-order valence-electron chi connectivity index (χ2n) is 5.75. The first kappa shape index (κ1) is 17.1. The Morgan fingerprint density at radius 2 is 2.21 bits per heavy atom. The number of carbonyl (C=O) groups excluding carboxylic acids is 1. The summed E-state index contributed by atoms with van der Waals surface area (Å²) < 4.78 is 10.8. The molecule has 0 N–H and O–H groups in total. The van der Waals surface area contributed by atoms with Crippen molar-refractivity contribution in [2.45, 2.75) is 26.0 Å². The van der Waals surface area contributed by atoms with Gasteiger partial charge in [0, 0.05) is 19.6 Å². The number of hydrogen-bond donors (Lipinski definition) is 0. The van der Waals surface area contributed by atoms with Crippen molar-refractivity contribution < 1.29 is 14.3 Å². The van der Waals surface area contributed by atoms with E-state index in [-0.39, 0.29) is 12.1 Å². The molecule has 6 heteroatoms. The van der Waals surface area contributed by atoms with Crippen LogP contribution in [0.4, 0.5) is 0 Å². The van der Waals surface area contributed by atoms with Gasteiger partial charge in [-0.15, -0.1) is 11.3 Å². The van der Waals surface area contributed by atoms with Gasteiger partial charge >= 0.3 is 5.97 Å². The van der Waals surface area contributed by atoms with E-state index in [1.165, 1.54) is 24.0 Å². The van der Waals surface area contributed by atoms with Gasteiger partial charge in [0.2, 0.25) is 0 Å². The summed E-state index contributed by atoms with van der Waals surface area (Å²) >= 11 is 1.39. The van der Waals surface area contributed by atoms with E-state index >= 15 is 0 Å². The number of hydrogen-bond acceptors (Lipinski definition) is 6. The van der Waals surface area contributed by atoms with Crippen molar-refractivity contribution in [3.8, 4) is 0 Å². The van der Waals surface area contributed by atoms with Crippen LogP contribution in [0.15, 0.2) is 30.3 Å². The third kappa shape index (κ3) is 3.83. The molecule has 1 aromatic heterocycles. The molecule has 0 bridgehead atoms. The van der Waals surface area contributed by atoms with E-state index in [9.17, 15) is 4.79 Å². The van der Waals surface area contributed by atoms with Crippen molar-refractivity contribution >= 4 is 17.3 Å². The summed E-state index contributed by atoms with van der Waals surface area (Å²) in [7, 11) is 1.40. The number of morpholine rings is 1. The summed E-state index contributed by atoms with van der Waals surface area (Å²) in [5.41, 5.74) is 2.09. The Kier molecular flexibility index (Phi) is 5.60. The Morgan fingerprint density at radius 3 is 2.92 bits per heavy atom. The molecule has 5 nitrogen and oxygen atoms in total. The highest BCUT2D eigenvalue weighted by Crippen LogP contribution is 2.30. The number of rotatable bonds is 5. The number of benzene rings is 1. The van der Waals surface area contributed by atoms with Crippen LogP contribution in [0.1, 0.15) is 39.0 Å². The lowest BCUT2D eigenvalue weighted by molar-refractivity contribution is -0.0330. The van der Waals surface area contributed by atoms with Crippen molar-refractivity contribution in [1.82, 2.24) is 9.88 Å². The zero-order valence-corrected chi connectivity index (χ0v) is 14.8. The SMILES string of the molecule is CCc1nc(C2CN(Cc3ccccc3)CCO2)sc1C(=O)OC. The van der Waals surface area contributed by atoms with E-state index in [2.05, 4.69) is 34.1 Å². The predicted molar refractivity (Wildman–Crippen MR) is 93.2 cm³/mol. The van der Waals surface area contributed by atoms with Crippen molar-refractivity contribution in [3.63, 3.8) is 0 Å². The monoisotopic (exact) mass is 346 g/mol. The fraction of sp³-hybridized carbons (Fsp3) is 0.444. The summed E-state index contributed by atoms with van der Waals surface area (Å²) in [5.74, 6) is -0.312. The molecule has 1 fully saturated rings. The molecule has 128 valence electrons. The highest BCUT2D eigenvalue weighted by atomic mass is 32.1. The minimum Gasteiger partial charge on any atom is -0.465 e. The minimum atomic E-state index is -0.312. The molecule has 0 radical (unpaired) electrons. The van der Waals surface area contributed by atoms with Crippen molar-refractivity contribution in [2.24, 2.45) is 0 Å². The first-order chi connectivity index (χ1) is 11.7. The van der Waals surface area contributed by atoms with Crippen LogP contribution >= 0.6 is 11.3 Å². The van der Waals surface area contributed by atoms with Gasteiger partial charge in [-0.3, -0.25) is 4.90 Å². The van der Waals surface area contributed by atoms with Crippen LogP contribution in [-0.2, 0) is 22.4 Å². The molecular weight excluding hydrogens is 324 g/mol. The van der Waals surface area contributed by atoms with Gasteiger partial charge in [-0.1, -0.05) is 37.3 Å².